The van der Waals surface area contributed by atoms with E-state index in [4.69, 9.17) is 21.3 Å². The normalized spacial score (nSPS) is 14.4. The van der Waals surface area contributed by atoms with E-state index in [1.54, 1.807) is 29.2 Å². The van der Waals surface area contributed by atoms with Crippen molar-refractivity contribution in [1.82, 2.24) is 19.4 Å². The molecule has 2 aromatic carbocycles. The van der Waals surface area contributed by atoms with E-state index in [0.29, 0.717) is 42.5 Å². The number of piperazine rings is 1. The molecule has 1 aliphatic heterocycles. The molecule has 0 unspecified atom stereocenters. The Morgan fingerprint density at radius 3 is 2.47 bits per heavy atom. The Labute approximate surface area is 204 Å². The van der Waals surface area contributed by atoms with E-state index in [9.17, 15) is 9.59 Å². The van der Waals surface area contributed by atoms with Crippen molar-refractivity contribution in [2.75, 3.05) is 38.1 Å². The number of carbonyl (C=O) groups excluding carboxylic acids is 2. The van der Waals surface area contributed by atoms with Crippen LogP contribution in [0.1, 0.15) is 36.5 Å². The van der Waals surface area contributed by atoms with Crippen LogP contribution >= 0.6 is 11.6 Å². The van der Waals surface area contributed by atoms with E-state index in [1.165, 1.54) is 0 Å². The third-order valence-electron chi connectivity index (χ3n) is 5.90. The summed E-state index contributed by atoms with van der Waals surface area (Å²) in [5.41, 5.74) is 3.14. The third-order valence-corrected chi connectivity index (χ3v) is 6.15. The van der Waals surface area contributed by atoms with Gasteiger partial charge >= 0.3 is 6.09 Å². The number of anilines is 1. The smallest absolute Gasteiger partial charge is 0.409 e. The minimum Gasteiger partial charge on any atom is -0.450 e. The molecule has 0 spiro atoms. The van der Waals surface area contributed by atoms with Crippen LogP contribution in [0.2, 0.25) is 5.02 Å². The fraction of sp³-hybridized carbons (Fsp3) is 0.400. The molecule has 1 fully saturated rings. The fourth-order valence-corrected chi connectivity index (χ4v) is 4.29. The summed E-state index contributed by atoms with van der Waals surface area (Å²) in [7, 11) is 0. The van der Waals surface area contributed by atoms with Crippen molar-refractivity contribution in [3.63, 3.8) is 0 Å². The summed E-state index contributed by atoms with van der Waals surface area (Å²) in [4.78, 5) is 33.5. The summed E-state index contributed by atoms with van der Waals surface area (Å²) < 4.78 is 7.36. The van der Waals surface area contributed by atoms with Crippen molar-refractivity contribution >= 4 is 40.3 Å². The molecule has 3 aromatic rings. The highest BCUT2D eigenvalue weighted by atomic mass is 35.5. The summed E-state index contributed by atoms with van der Waals surface area (Å²) in [5, 5.41) is 3.54. The molecule has 180 valence electrons. The molecule has 9 heteroatoms. The number of aromatic nitrogens is 2. The van der Waals surface area contributed by atoms with E-state index in [1.807, 2.05) is 25.1 Å². The number of nitrogens with one attached hydrogen (secondary N) is 1. The van der Waals surface area contributed by atoms with Crippen LogP contribution in [0, 0.1) is 0 Å². The van der Waals surface area contributed by atoms with E-state index in [2.05, 4.69) is 21.7 Å². The van der Waals surface area contributed by atoms with Crippen molar-refractivity contribution in [3.8, 4) is 0 Å². The lowest BCUT2D eigenvalue weighted by Gasteiger charge is -2.33. The number of carbonyl (C=O) groups is 2. The minimum absolute atomic E-state index is 0.191. The highest BCUT2D eigenvalue weighted by Gasteiger charge is 2.23. The van der Waals surface area contributed by atoms with Gasteiger partial charge in [-0.15, -0.1) is 0 Å². The quantitative estimate of drug-likeness (QED) is 0.530. The second-order valence-electron chi connectivity index (χ2n) is 8.31. The van der Waals surface area contributed by atoms with Crippen molar-refractivity contribution < 1.29 is 14.3 Å². The van der Waals surface area contributed by atoms with Gasteiger partial charge in [-0.3, -0.25) is 9.69 Å². The van der Waals surface area contributed by atoms with Crippen LogP contribution in [-0.2, 0) is 17.8 Å². The standard InChI is InChI=1S/C25H30ClN5O3/c1-3-11-31-22-10-9-20(27-24(32)18-5-7-19(26)8-6-18)16-21(22)28-23(31)17-29-12-14-30(15-13-29)25(33)34-4-2/h5-10,16H,3-4,11-15,17H2,1-2H3,(H,27,32). The summed E-state index contributed by atoms with van der Waals surface area (Å²) in [6, 6.07) is 12.6. The van der Waals surface area contributed by atoms with Crippen molar-refractivity contribution in [3.05, 3.63) is 58.9 Å². The number of nitrogens with zero attached hydrogens (tertiary/aromatic N) is 4. The summed E-state index contributed by atoms with van der Waals surface area (Å²) in [6.07, 6.45) is 0.748. The zero-order valence-electron chi connectivity index (χ0n) is 19.6. The van der Waals surface area contributed by atoms with Gasteiger partial charge in [0.1, 0.15) is 5.82 Å². The molecule has 34 heavy (non-hydrogen) atoms. The van der Waals surface area contributed by atoms with Crippen molar-refractivity contribution in [1.29, 1.82) is 0 Å². The molecule has 0 bridgehead atoms. The summed E-state index contributed by atoms with van der Waals surface area (Å²) in [5.74, 6) is 0.798. The first-order chi connectivity index (χ1) is 16.5. The van der Waals surface area contributed by atoms with E-state index < -0.39 is 0 Å². The molecule has 4 rings (SSSR count). The highest BCUT2D eigenvalue weighted by Crippen LogP contribution is 2.23. The zero-order chi connectivity index (χ0) is 24.1. The fourth-order valence-electron chi connectivity index (χ4n) is 4.16. The number of fused-ring (bicyclic) bond motifs is 1. The number of benzene rings is 2. The minimum atomic E-state index is -0.242. The number of hydrogen-bond donors (Lipinski definition) is 1. The monoisotopic (exact) mass is 483 g/mol. The van der Waals surface area contributed by atoms with Crippen LogP contribution in [0.4, 0.5) is 10.5 Å². The van der Waals surface area contributed by atoms with Crippen molar-refractivity contribution in [2.45, 2.75) is 33.4 Å². The largest absolute Gasteiger partial charge is 0.450 e. The Bertz CT molecular complexity index is 1150. The number of aryl methyl sites for hydroxylation is 1. The van der Waals surface area contributed by atoms with Crippen LogP contribution in [0.25, 0.3) is 11.0 Å². The van der Waals surface area contributed by atoms with Gasteiger partial charge in [-0.25, -0.2) is 9.78 Å². The molecule has 2 amide bonds. The van der Waals surface area contributed by atoms with Gasteiger partial charge in [-0.1, -0.05) is 18.5 Å². The maximum atomic E-state index is 12.6. The Morgan fingerprint density at radius 1 is 1.06 bits per heavy atom. The van der Waals surface area contributed by atoms with Gasteiger partial charge in [0.15, 0.2) is 0 Å². The van der Waals surface area contributed by atoms with Crippen molar-refractivity contribution in [2.24, 2.45) is 0 Å². The predicted molar refractivity (Wildman–Crippen MR) is 133 cm³/mol. The molecule has 0 aliphatic carbocycles. The van der Waals surface area contributed by atoms with Gasteiger partial charge < -0.3 is 19.5 Å². The Morgan fingerprint density at radius 2 is 1.79 bits per heavy atom. The Kier molecular flexibility index (Phi) is 7.70. The van der Waals surface area contributed by atoms with Crippen LogP contribution in [0.15, 0.2) is 42.5 Å². The van der Waals surface area contributed by atoms with Gasteiger partial charge in [-0.05, 0) is 55.8 Å². The van der Waals surface area contributed by atoms with Gasteiger partial charge in [0.05, 0.1) is 24.2 Å². The molecular formula is C25H30ClN5O3. The molecule has 0 radical (unpaired) electrons. The third kappa shape index (κ3) is 5.51. The summed E-state index contributed by atoms with van der Waals surface area (Å²) in [6.45, 7) is 8.77. The van der Waals surface area contributed by atoms with Gasteiger partial charge in [0.2, 0.25) is 0 Å². The van der Waals surface area contributed by atoms with Crippen LogP contribution in [-0.4, -0.2) is 64.1 Å². The predicted octanol–water partition coefficient (Wildman–Crippen LogP) is 4.63. The van der Waals surface area contributed by atoms with E-state index in [-0.39, 0.29) is 12.0 Å². The lowest BCUT2D eigenvalue weighted by atomic mass is 10.2. The van der Waals surface area contributed by atoms with Gasteiger partial charge in [0, 0.05) is 49.0 Å². The number of ether oxygens (including phenoxy) is 1. The lowest BCUT2D eigenvalue weighted by molar-refractivity contribution is 0.0769. The van der Waals surface area contributed by atoms with Crippen LogP contribution in [0.5, 0.6) is 0 Å². The second-order valence-corrected chi connectivity index (χ2v) is 8.74. The topological polar surface area (TPSA) is 79.7 Å². The number of rotatable bonds is 7. The molecule has 1 saturated heterocycles. The SMILES string of the molecule is CCCn1c(CN2CCN(C(=O)OCC)CC2)nc2cc(NC(=O)c3ccc(Cl)cc3)ccc21. The molecule has 1 aliphatic rings. The average Bonchev–Trinajstić information content (AvgIpc) is 3.16. The van der Waals surface area contributed by atoms with E-state index in [0.717, 1.165) is 42.9 Å². The molecular weight excluding hydrogens is 454 g/mol. The number of imidazole rings is 1. The van der Waals surface area contributed by atoms with E-state index >= 15 is 0 Å². The Hall–Kier alpha value is -3.10. The first-order valence-corrected chi connectivity index (χ1v) is 12.1. The molecule has 0 saturated carbocycles. The highest BCUT2D eigenvalue weighted by molar-refractivity contribution is 6.30. The molecule has 1 N–H and O–H groups in total. The van der Waals surface area contributed by atoms with Gasteiger partial charge in [0.25, 0.3) is 5.91 Å². The Balaban J connectivity index is 1.48. The maximum absolute atomic E-state index is 12.6. The number of halogens is 1. The lowest BCUT2D eigenvalue weighted by Crippen LogP contribution is -2.48. The first kappa shape index (κ1) is 24.0. The maximum Gasteiger partial charge on any atom is 0.409 e. The number of hydrogen-bond acceptors (Lipinski definition) is 5. The molecule has 1 aromatic heterocycles. The average molecular weight is 484 g/mol. The second kappa shape index (κ2) is 10.9. The molecule has 0 atom stereocenters. The van der Waals surface area contributed by atoms with Gasteiger partial charge in [-0.2, -0.15) is 0 Å². The zero-order valence-corrected chi connectivity index (χ0v) is 20.3. The van der Waals surface area contributed by atoms with Crippen LogP contribution < -0.4 is 5.32 Å². The van der Waals surface area contributed by atoms with Crippen LogP contribution in [0.3, 0.4) is 0 Å². The first-order valence-electron chi connectivity index (χ1n) is 11.7. The number of amides is 2. The summed E-state index contributed by atoms with van der Waals surface area (Å²) >= 11 is 5.92. The molecule has 8 nitrogen and oxygen atoms in total. The molecule has 2 heterocycles.